The molecule has 4 rings (SSSR count). The van der Waals surface area contributed by atoms with Crippen molar-refractivity contribution in [3.05, 3.63) is 69.6 Å². The minimum absolute atomic E-state index is 0.00978. The van der Waals surface area contributed by atoms with Crippen molar-refractivity contribution >= 4 is 34.9 Å². The van der Waals surface area contributed by atoms with E-state index in [1.54, 1.807) is 18.3 Å². The number of halogens is 3. The van der Waals surface area contributed by atoms with E-state index in [1.807, 2.05) is 17.0 Å². The fourth-order valence-electron chi connectivity index (χ4n) is 4.27. The summed E-state index contributed by atoms with van der Waals surface area (Å²) in [6.45, 7) is 5.59. The summed E-state index contributed by atoms with van der Waals surface area (Å²) in [7, 11) is 0. The van der Waals surface area contributed by atoms with Crippen LogP contribution >= 0.6 is 23.2 Å². The zero-order chi connectivity index (χ0) is 25.1. The number of nitrogen functional groups attached to an aromatic ring is 1. The Balaban J connectivity index is 1.50. The lowest BCUT2D eigenvalue weighted by Crippen LogP contribution is -2.55. The van der Waals surface area contributed by atoms with Crippen molar-refractivity contribution in [3.8, 4) is 16.9 Å². The van der Waals surface area contributed by atoms with E-state index in [0.29, 0.717) is 40.6 Å². The van der Waals surface area contributed by atoms with E-state index in [-0.39, 0.29) is 41.9 Å². The van der Waals surface area contributed by atoms with Crippen LogP contribution in [0.1, 0.15) is 29.8 Å². The largest absolute Gasteiger partial charge is 0.489 e. The molecule has 35 heavy (non-hydrogen) atoms. The fraction of sp³-hybridized carbons (Fsp3) is 0.320. The van der Waals surface area contributed by atoms with Crippen LogP contribution in [0.3, 0.4) is 0 Å². The molecule has 1 amide bonds. The van der Waals surface area contributed by atoms with Crippen molar-refractivity contribution in [1.82, 2.24) is 20.4 Å². The van der Waals surface area contributed by atoms with Gasteiger partial charge in [-0.15, -0.1) is 5.10 Å². The molecular weight excluding hydrogens is 492 g/mol. The average Bonchev–Trinajstić information content (AvgIpc) is 2.83. The molecule has 1 saturated heterocycles. The maximum Gasteiger partial charge on any atom is 0.253 e. The number of amides is 1. The second kappa shape index (κ2) is 10.8. The molecule has 1 fully saturated rings. The molecule has 2 heterocycles. The first-order chi connectivity index (χ1) is 16.7. The maximum atomic E-state index is 13.8. The Morgan fingerprint density at radius 2 is 1.86 bits per heavy atom. The Morgan fingerprint density at radius 1 is 1.17 bits per heavy atom. The Bertz CT molecular complexity index is 1220. The summed E-state index contributed by atoms with van der Waals surface area (Å²) < 4.78 is 19.7. The van der Waals surface area contributed by atoms with Gasteiger partial charge in [0.2, 0.25) is 0 Å². The molecule has 7 nitrogen and oxygen atoms in total. The normalized spacial score (nSPS) is 17.9. The Labute approximate surface area is 213 Å². The van der Waals surface area contributed by atoms with E-state index in [9.17, 15) is 9.18 Å². The van der Waals surface area contributed by atoms with Gasteiger partial charge in [0, 0.05) is 47.7 Å². The zero-order valence-electron chi connectivity index (χ0n) is 19.4. The predicted octanol–water partition coefficient (Wildman–Crippen LogP) is 4.62. The predicted molar refractivity (Wildman–Crippen MR) is 135 cm³/mol. The van der Waals surface area contributed by atoms with Crippen molar-refractivity contribution in [1.29, 1.82) is 0 Å². The number of rotatable bonds is 6. The fourth-order valence-corrected chi connectivity index (χ4v) is 4.83. The monoisotopic (exact) mass is 517 g/mol. The van der Waals surface area contributed by atoms with Crippen molar-refractivity contribution in [2.24, 2.45) is 0 Å². The van der Waals surface area contributed by atoms with Gasteiger partial charge in [0.05, 0.1) is 17.8 Å². The molecule has 184 valence electrons. The quantitative estimate of drug-likeness (QED) is 0.463. The van der Waals surface area contributed by atoms with Gasteiger partial charge in [0.15, 0.2) is 11.6 Å². The van der Waals surface area contributed by atoms with Crippen molar-refractivity contribution in [3.63, 3.8) is 0 Å². The summed E-state index contributed by atoms with van der Waals surface area (Å²) in [5.74, 6) is -0.101. The molecule has 3 aromatic rings. The van der Waals surface area contributed by atoms with Crippen LogP contribution in [0, 0.1) is 5.82 Å². The number of carbonyl (C=O) groups is 1. The highest BCUT2D eigenvalue weighted by Gasteiger charge is 2.25. The minimum atomic E-state index is -0.545. The van der Waals surface area contributed by atoms with Gasteiger partial charge in [-0.2, -0.15) is 5.10 Å². The molecule has 2 aromatic carbocycles. The van der Waals surface area contributed by atoms with Gasteiger partial charge < -0.3 is 20.7 Å². The van der Waals surface area contributed by atoms with Crippen LogP contribution in [-0.2, 0) is 6.42 Å². The first-order valence-corrected chi connectivity index (χ1v) is 12.0. The number of aromatic nitrogens is 2. The topological polar surface area (TPSA) is 93.4 Å². The molecule has 2 atom stereocenters. The highest BCUT2D eigenvalue weighted by Crippen LogP contribution is 2.34. The van der Waals surface area contributed by atoms with E-state index in [0.717, 1.165) is 5.56 Å². The second-order valence-electron chi connectivity index (χ2n) is 8.65. The molecule has 0 aliphatic carbocycles. The molecule has 1 aromatic heterocycles. The van der Waals surface area contributed by atoms with E-state index < -0.39 is 5.82 Å². The third-order valence-corrected chi connectivity index (χ3v) is 6.62. The molecule has 0 spiro atoms. The lowest BCUT2D eigenvalue weighted by molar-refractivity contribution is 0.0674. The van der Waals surface area contributed by atoms with Gasteiger partial charge in [-0.1, -0.05) is 35.3 Å². The Kier molecular flexibility index (Phi) is 7.74. The average molecular weight is 518 g/mol. The number of anilines is 1. The molecule has 0 saturated carbocycles. The van der Waals surface area contributed by atoms with Crippen LogP contribution in [0.25, 0.3) is 11.1 Å². The van der Waals surface area contributed by atoms with Gasteiger partial charge in [0.25, 0.3) is 5.91 Å². The summed E-state index contributed by atoms with van der Waals surface area (Å²) in [4.78, 5) is 14.9. The molecule has 1 aliphatic rings. The van der Waals surface area contributed by atoms with Crippen LogP contribution in [0.5, 0.6) is 5.75 Å². The summed E-state index contributed by atoms with van der Waals surface area (Å²) in [5.41, 5.74) is 8.49. The van der Waals surface area contributed by atoms with Crippen LogP contribution in [0.2, 0.25) is 10.0 Å². The van der Waals surface area contributed by atoms with E-state index in [2.05, 4.69) is 29.4 Å². The third-order valence-electron chi connectivity index (χ3n) is 5.85. The van der Waals surface area contributed by atoms with Gasteiger partial charge in [-0.05, 0) is 49.2 Å². The first kappa shape index (κ1) is 25.2. The maximum absolute atomic E-state index is 13.8. The Hall–Kier alpha value is -2.94. The third kappa shape index (κ3) is 5.66. The van der Waals surface area contributed by atoms with Crippen LogP contribution < -0.4 is 15.8 Å². The summed E-state index contributed by atoms with van der Waals surface area (Å²) >= 11 is 12.2. The summed E-state index contributed by atoms with van der Waals surface area (Å²) in [6, 6.07) is 10.4. The minimum Gasteiger partial charge on any atom is -0.489 e. The van der Waals surface area contributed by atoms with E-state index >= 15 is 0 Å². The first-order valence-electron chi connectivity index (χ1n) is 11.3. The summed E-state index contributed by atoms with van der Waals surface area (Å²) in [6.07, 6.45) is 1.82. The number of ether oxygens (including phenoxy) is 1. The molecule has 10 heteroatoms. The van der Waals surface area contributed by atoms with Gasteiger partial charge >= 0.3 is 0 Å². The number of hydrogen-bond acceptors (Lipinski definition) is 6. The van der Waals surface area contributed by atoms with Crippen molar-refractivity contribution in [2.45, 2.75) is 32.4 Å². The van der Waals surface area contributed by atoms with Gasteiger partial charge in [-0.25, -0.2) is 4.39 Å². The number of piperazine rings is 1. The number of nitrogens with zero attached hydrogens (tertiary/aromatic N) is 3. The Morgan fingerprint density at radius 3 is 2.54 bits per heavy atom. The van der Waals surface area contributed by atoms with Crippen molar-refractivity contribution in [2.75, 3.05) is 25.4 Å². The van der Waals surface area contributed by atoms with Crippen LogP contribution in [-0.4, -0.2) is 52.8 Å². The van der Waals surface area contributed by atoms with E-state index in [4.69, 9.17) is 33.7 Å². The standard InChI is InChI=1S/C25H26Cl2FN5O2/c1-14-12-33(13-15(2)31-14)25(34)17-5-3-16(4-6-17)19-11-30-32-24(29)23(19)35-10-9-18-20(26)7-8-21(28)22(18)27/h3-8,11,14-15,31H,9-10,12-13H2,1-2H3,(H2,29,32)/t14-,15+. The van der Waals surface area contributed by atoms with Gasteiger partial charge in [0.1, 0.15) is 5.82 Å². The lowest BCUT2D eigenvalue weighted by atomic mass is 10.0. The molecule has 0 radical (unpaired) electrons. The molecule has 3 N–H and O–H groups in total. The lowest BCUT2D eigenvalue weighted by Gasteiger charge is -2.36. The number of hydrogen-bond donors (Lipinski definition) is 2. The molecule has 0 unspecified atom stereocenters. The van der Waals surface area contributed by atoms with Crippen LogP contribution in [0.15, 0.2) is 42.6 Å². The van der Waals surface area contributed by atoms with E-state index in [1.165, 1.54) is 12.1 Å². The number of nitrogens with one attached hydrogen (secondary N) is 1. The highest BCUT2D eigenvalue weighted by atomic mass is 35.5. The molecule has 1 aliphatic heterocycles. The highest BCUT2D eigenvalue weighted by molar-refractivity contribution is 6.36. The SMILES string of the molecule is C[C@@H]1CN(C(=O)c2ccc(-c3cnnc(N)c3OCCc3c(Cl)ccc(F)c3Cl)cc2)C[C@H](C)N1. The zero-order valence-corrected chi connectivity index (χ0v) is 20.9. The smallest absolute Gasteiger partial charge is 0.253 e. The van der Waals surface area contributed by atoms with Gasteiger partial charge in [-0.3, -0.25) is 4.79 Å². The second-order valence-corrected chi connectivity index (χ2v) is 9.43. The number of benzene rings is 2. The molecule has 0 bridgehead atoms. The number of nitrogens with two attached hydrogens (primary N) is 1. The van der Waals surface area contributed by atoms with Crippen LogP contribution in [0.4, 0.5) is 10.2 Å². The van der Waals surface area contributed by atoms with Crippen molar-refractivity contribution < 1.29 is 13.9 Å². The molecular formula is C25H26Cl2FN5O2. The number of carbonyl (C=O) groups excluding carboxylic acids is 1. The summed E-state index contributed by atoms with van der Waals surface area (Å²) in [5, 5.41) is 11.6.